The quantitative estimate of drug-likeness (QED) is 0.732. The van der Waals surface area contributed by atoms with Crippen molar-refractivity contribution in [2.75, 3.05) is 41.3 Å². The van der Waals surface area contributed by atoms with Gasteiger partial charge < -0.3 is 9.80 Å². The van der Waals surface area contributed by atoms with Crippen LogP contribution in [0.1, 0.15) is 0 Å². The second-order valence-corrected chi connectivity index (χ2v) is 5.06. The van der Waals surface area contributed by atoms with Crippen molar-refractivity contribution in [2.45, 2.75) is 0 Å². The maximum atomic E-state index is 2.16. The molecule has 104 valence electrons. The molecular weight excluding hydrogens is 276 g/mol. The van der Waals surface area contributed by atoms with Crippen LogP contribution in [0.2, 0.25) is 0 Å². The fourth-order valence-electron chi connectivity index (χ4n) is 1.77. The first-order valence-corrected chi connectivity index (χ1v) is 6.28. The Balaban J connectivity index is 0.000000324. The SMILES string of the molecule is CN(C)C[C]1[CH][CH][CH][CH]1.CN(C)C[C]1[CH][CH][CH][CH]1.[Fe+2]. The van der Waals surface area contributed by atoms with Gasteiger partial charge in [0.2, 0.25) is 0 Å². The van der Waals surface area contributed by atoms with Crippen molar-refractivity contribution in [3.63, 3.8) is 0 Å². The molecule has 10 radical (unpaired) electrons. The van der Waals surface area contributed by atoms with Crippen molar-refractivity contribution >= 4 is 0 Å². The Kier molecular flexibility index (Phi) is 11.4. The van der Waals surface area contributed by atoms with Gasteiger partial charge in [-0.15, -0.1) is 0 Å². The molecule has 0 bridgehead atoms. The summed E-state index contributed by atoms with van der Waals surface area (Å²) in [5.41, 5.74) is 0. The summed E-state index contributed by atoms with van der Waals surface area (Å²) in [5.74, 6) is 2.78. The molecule has 0 spiro atoms. The molecule has 0 amide bonds. The molecule has 3 heteroatoms. The summed E-state index contributed by atoms with van der Waals surface area (Å²) in [7, 11) is 8.31. The van der Waals surface area contributed by atoms with E-state index in [9.17, 15) is 0 Å². The zero-order valence-electron chi connectivity index (χ0n) is 12.3. The normalized spacial score (nSPS) is 20.5. The van der Waals surface area contributed by atoms with Gasteiger partial charge in [-0.25, -0.2) is 0 Å². The average Bonchev–Trinajstić information content (AvgIpc) is 2.90. The molecule has 0 unspecified atom stereocenters. The van der Waals surface area contributed by atoms with Gasteiger partial charge in [-0.2, -0.15) is 0 Å². The van der Waals surface area contributed by atoms with Crippen molar-refractivity contribution in [3.05, 3.63) is 63.2 Å². The molecule has 0 aromatic rings. The Morgan fingerprint density at radius 3 is 1.11 bits per heavy atom. The average molecular weight is 300 g/mol. The molecular formula is C16H24FeN2+2. The van der Waals surface area contributed by atoms with Crippen molar-refractivity contribution in [1.82, 2.24) is 9.80 Å². The molecule has 0 aromatic heterocycles. The van der Waals surface area contributed by atoms with Crippen LogP contribution < -0.4 is 0 Å². The third-order valence-electron chi connectivity index (χ3n) is 2.46. The van der Waals surface area contributed by atoms with E-state index >= 15 is 0 Å². The van der Waals surface area contributed by atoms with Crippen LogP contribution in [0.3, 0.4) is 0 Å². The molecule has 2 aliphatic carbocycles. The minimum atomic E-state index is 0. The van der Waals surface area contributed by atoms with Crippen LogP contribution >= 0.6 is 0 Å². The Labute approximate surface area is 131 Å². The third kappa shape index (κ3) is 9.90. The van der Waals surface area contributed by atoms with E-state index in [1.807, 2.05) is 0 Å². The first kappa shape index (κ1) is 19.4. The molecule has 19 heavy (non-hydrogen) atoms. The summed E-state index contributed by atoms with van der Waals surface area (Å²) in [5, 5.41) is 0. The van der Waals surface area contributed by atoms with Crippen molar-refractivity contribution in [1.29, 1.82) is 0 Å². The van der Waals surface area contributed by atoms with E-state index in [1.165, 1.54) is 11.8 Å². The first-order valence-electron chi connectivity index (χ1n) is 6.28. The summed E-state index contributed by atoms with van der Waals surface area (Å²) in [6.07, 6.45) is 16.8. The van der Waals surface area contributed by atoms with E-state index in [0.717, 1.165) is 13.1 Å². The van der Waals surface area contributed by atoms with Crippen LogP contribution in [-0.2, 0) is 17.1 Å². The van der Waals surface area contributed by atoms with Crippen molar-refractivity contribution < 1.29 is 17.1 Å². The van der Waals surface area contributed by atoms with Gasteiger partial charge in [-0.3, -0.25) is 0 Å². The van der Waals surface area contributed by atoms with Crippen molar-refractivity contribution in [3.8, 4) is 0 Å². The van der Waals surface area contributed by atoms with Crippen LogP contribution in [0.5, 0.6) is 0 Å². The Bertz CT molecular complexity index is 173. The fourth-order valence-corrected chi connectivity index (χ4v) is 1.77. The monoisotopic (exact) mass is 300 g/mol. The van der Waals surface area contributed by atoms with Gasteiger partial charge in [0.05, 0.1) is 0 Å². The summed E-state index contributed by atoms with van der Waals surface area (Å²) < 4.78 is 0. The number of hydrogen-bond acceptors (Lipinski definition) is 2. The summed E-state index contributed by atoms with van der Waals surface area (Å²) in [4.78, 5) is 4.32. The zero-order valence-corrected chi connectivity index (χ0v) is 13.4. The molecule has 0 N–H and O–H groups in total. The Morgan fingerprint density at radius 1 is 0.632 bits per heavy atom. The molecule has 0 aliphatic heterocycles. The van der Waals surface area contributed by atoms with E-state index in [1.54, 1.807) is 0 Å². The molecule has 2 aliphatic rings. The van der Waals surface area contributed by atoms with Crippen molar-refractivity contribution in [2.24, 2.45) is 0 Å². The molecule has 2 saturated carbocycles. The van der Waals surface area contributed by atoms with E-state index < -0.39 is 0 Å². The van der Waals surface area contributed by atoms with Crippen LogP contribution in [0.4, 0.5) is 0 Å². The first-order chi connectivity index (χ1) is 8.58. The maximum absolute atomic E-state index is 2.16. The topological polar surface area (TPSA) is 6.48 Å². The van der Waals surface area contributed by atoms with Gasteiger partial charge >= 0.3 is 17.1 Å². The molecule has 2 nitrogen and oxygen atoms in total. The summed E-state index contributed by atoms with van der Waals surface area (Å²) in [6, 6.07) is 0. The molecule has 2 fully saturated rings. The molecule has 0 aromatic carbocycles. The van der Waals surface area contributed by atoms with Gasteiger partial charge in [-0.05, 0) is 91.4 Å². The smallest absolute Gasteiger partial charge is 0.309 e. The standard InChI is InChI=1S/2C8H12N.Fe/c2*1-9(2)7-8-5-3-4-6-8;/h2*3-6H,7H2,1-2H3;/q;;+2. The summed E-state index contributed by atoms with van der Waals surface area (Å²) in [6.45, 7) is 2.10. The zero-order chi connectivity index (χ0) is 13.4. The molecule has 2 rings (SSSR count). The van der Waals surface area contributed by atoms with Gasteiger partial charge in [0.1, 0.15) is 0 Å². The van der Waals surface area contributed by atoms with E-state index in [0.29, 0.717) is 0 Å². The van der Waals surface area contributed by atoms with E-state index in [2.05, 4.69) is 89.4 Å². The second-order valence-electron chi connectivity index (χ2n) is 5.06. The Morgan fingerprint density at radius 2 is 0.895 bits per heavy atom. The Hall–Kier alpha value is 0.439. The second kappa shape index (κ2) is 11.1. The fraction of sp³-hybridized carbons (Fsp3) is 0.375. The van der Waals surface area contributed by atoms with Gasteiger partial charge in [0, 0.05) is 13.1 Å². The minimum absolute atomic E-state index is 0. The largest absolute Gasteiger partial charge is 2.00 e. The molecule has 0 saturated heterocycles. The van der Waals surface area contributed by atoms with Crippen LogP contribution in [-0.4, -0.2) is 51.1 Å². The van der Waals surface area contributed by atoms with Gasteiger partial charge in [0.15, 0.2) is 0 Å². The molecule has 0 atom stereocenters. The van der Waals surface area contributed by atoms with Crippen LogP contribution in [0.25, 0.3) is 0 Å². The predicted molar refractivity (Wildman–Crippen MR) is 78.0 cm³/mol. The van der Waals surface area contributed by atoms with E-state index in [4.69, 9.17) is 0 Å². The van der Waals surface area contributed by atoms with Gasteiger partial charge in [-0.1, -0.05) is 0 Å². The predicted octanol–water partition coefficient (Wildman–Crippen LogP) is 1.90. The van der Waals surface area contributed by atoms with Gasteiger partial charge in [0.25, 0.3) is 0 Å². The van der Waals surface area contributed by atoms with E-state index in [-0.39, 0.29) is 17.1 Å². The third-order valence-corrected chi connectivity index (χ3v) is 2.46. The summed E-state index contributed by atoms with van der Waals surface area (Å²) >= 11 is 0. The van der Waals surface area contributed by atoms with Crippen LogP contribution in [0, 0.1) is 63.2 Å². The maximum Gasteiger partial charge on any atom is 2.00 e. The van der Waals surface area contributed by atoms with Crippen LogP contribution in [0.15, 0.2) is 0 Å². The number of rotatable bonds is 4. The molecule has 0 heterocycles. The number of hydrogen-bond donors (Lipinski definition) is 0. The number of nitrogens with zero attached hydrogens (tertiary/aromatic N) is 2. The minimum Gasteiger partial charge on any atom is -0.309 e.